The molecular weight excluding hydrogens is 548 g/mol. The number of para-hydroxylation sites is 4. The van der Waals surface area contributed by atoms with Crippen molar-refractivity contribution in [3.8, 4) is 5.69 Å². The third-order valence-electron chi connectivity index (χ3n) is 9.18. The van der Waals surface area contributed by atoms with E-state index in [1.807, 2.05) is 92.8 Å². The Morgan fingerprint density at radius 3 is 2.34 bits per heavy atom. The van der Waals surface area contributed by atoms with Crippen molar-refractivity contribution in [1.82, 2.24) is 19.7 Å². The van der Waals surface area contributed by atoms with Crippen LogP contribution in [0.15, 0.2) is 85.1 Å². The maximum absolute atomic E-state index is 14.8. The summed E-state index contributed by atoms with van der Waals surface area (Å²) < 4.78 is 2.14. The van der Waals surface area contributed by atoms with E-state index in [2.05, 4.69) is 15.6 Å². The van der Waals surface area contributed by atoms with Crippen LogP contribution in [-0.4, -0.2) is 44.1 Å². The summed E-state index contributed by atoms with van der Waals surface area (Å²) in [5.74, 6) is 0.949. The highest BCUT2D eigenvalue weighted by atomic mass is 16.2. The van der Waals surface area contributed by atoms with Crippen LogP contribution in [0.4, 0.5) is 11.4 Å². The SMILES string of the molecule is CC(C)N(C(=O)CN1C(=O)C(Cc2c[nH]c3ccccc23)c2nnc(C3CCCCC3)n2-c2ccccc21)c1ccccc1. The third kappa shape index (κ3) is 4.98. The molecule has 1 atom stereocenters. The molecule has 0 saturated heterocycles. The summed E-state index contributed by atoms with van der Waals surface area (Å²) in [5, 5.41) is 10.6. The van der Waals surface area contributed by atoms with E-state index in [-0.39, 0.29) is 30.3 Å². The number of aromatic amines is 1. The zero-order valence-electron chi connectivity index (χ0n) is 25.3. The first-order chi connectivity index (χ1) is 21.5. The van der Waals surface area contributed by atoms with Gasteiger partial charge in [-0.1, -0.05) is 67.8 Å². The number of benzene rings is 3. The fraction of sp³-hybridized carbons (Fsp3) is 0.333. The third-order valence-corrected chi connectivity index (χ3v) is 9.18. The maximum Gasteiger partial charge on any atom is 0.247 e. The molecule has 1 aliphatic carbocycles. The Kier molecular flexibility index (Phi) is 7.50. The minimum Gasteiger partial charge on any atom is -0.361 e. The van der Waals surface area contributed by atoms with Crippen LogP contribution in [0.2, 0.25) is 0 Å². The lowest BCUT2D eigenvalue weighted by molar-refractivity contribution is -0.123. The molecule has 0 radical (unpaired) electrons. The van der Waals surface area contributed by atoms with E-state index in [0.29, 0.717) is 17.9 Å². The number of aromatic nitrogens is 4. The van der Waals surface area contributed by atoms with Gasteiger partial charge in [-0.05, 0) is 69.0 Å². The van der Waals surface area contributed by atoms with Crippen LogP contribution in [0.5, 0.6) is 0 Å². The molecule has 8 heteroatoms. The lowest BCUT2D eigenvalue weighted by Crippen LogP contribution is -2.47. The van der Waals surface area contributed by atoms with Gasteiger partial charge in [0, 0.05) is 34.7 Å². The van der Waals surface area contributed by atoms with Gasteiger partial charge in [-0.25, -0.2) is 0 Å². The molecule has 5 aromatic rings. The van der Waals surface area contributed by atoms with Crippen LogP contribution in [0.3, 0.4) is 0 Å². The molecule has 2 aliphatic rings. The predicted molar refractivity (Wildman–Crippen MR) is 173 cm³/mol. The second-order valence-corrected chi connectivity index (χ2v) is 12.3. The first-order valence-corrected chi connectivity index (χ1v) is 15.8. The van der Waals surface area contributed by atoms with Gasteiger partial charge in [0.05, 0.1) is 11.4 Å². The van der Waals surface area contributed by atoms with Crippen LogP contribution in [0.25, 0.3) is 16.6 Å². The van der Waals surface area contributed by atoms with Crippen molar-refractivity contribution in [2.45, 2.75) is 70.3 Å². The number of fused-ring (bicyclic) bond motifs is 4. The van der Waals surface area contributed by atoms with Crippen molar-refractivity contribution in [2.24, 2.45) is 0 Å². The number of rotatable bonds is 7. The minimum atomic E-state index is -0.622. The van der Waals surface area contributed by atoms with Gasteiger partial charge in [0.1, 0.15) is 18.3 Å². The van der Waals surface area contributed by atoms with Crippen molar-refractivity contribution >= 4 is 34.1 Å². The van der Waals surface area contributed by atoms with E-state index in [0.717, 1.165) is 59.3 Å². The Hall–Kier alpha value is -4.72. The molecule has 2 aromatic heterocycles. The standard InChI is InChI=1S/C36H38N6O2/c1-24(2)41(27-15-7-4-8-16-27)33(43)23-40-31-19-11-12-20-32(31)42-34(25-13-5-3-6-14-25)38-39-35(42)29(36(40)44)21-26-22-37-30-18-10-9-17-28(26)30/h4,7-12,15-20,22,24-25,29,37H,3,5-6,13-14,21,23H2,1-2H3. The predicted octanol–water partition coefficient (Wildman–Crippen LogP) is 6.91. The van der Waals surface area contributed by atoms with Crippen LogP contribution >= 0.6 is 0 Å². The van der Waals surface area contributed by atoms with E-state index in [9.17, 15) is 9.59 Å². The van der Waals surface area contributed by atoms with Gasteiger partial charge >= 0.3 is 0 Å². The molecule has 0 bridgehead atoms. The van der Waals surface area contributed by atoms with Crippen molar-refractivity contribution in [2.75, 3.05) is 16.3 Å². The molecular formula is C36H38N6O2. The Bertz CT molecular complexity index is 1800. The summed E-state index contributed by atoms with van der Waals surface area (Å²) in [5.41, 5.74) is 4.44. The second-order valence-electron chi connectivity index (χ2n) is 12.3. The quantitative estimate of drug-likeness (QED) is 0.225. The topological polar surface area (TPSA) is 87.1 Å². The number of carbonyl (C=O) groups excluding carboxylic acids is 2. The van der Waals surface area contributed by atoms with Crippen LogP contribution in [0, 0.1) is 0 Å². The molecule has 8 nitrogen and oxygen atoms in total. The fourth-order valence-electron chi connectivity index (χ4n) is 7.10. The van der Waals surface area contributed by atoms with E-state index in [4.69, 9.17) is 10.2 Å². The Morgan fingerprint density at radius 2 is 1.57 bits per heavy atom. The molecule has 1 unspecified atom stereocenters. The number of anilines is 2. The summed E-state index contributed by atoms with van der Waals surface area (Å²) >= 11 is 0. The largest absolute Gasteiger partial charge is 0.361 e. The Morgan fingerprint density at radius 1 is 0.886 bits per heavy atom. The summed E-state index contributed by atoms with van der Waals surface area (Å²) in [6.07, 6.45) is 8.11. The van der Waals surface area contributed by atoms with Crippen molar-refractivity contribution in [1.29, 1.82) is 0 Å². The highest BCUT2D eigenvalue weighted by Crippen LogP contribution is 2.41. The van der Waals surface area contributed by atoms with Crippen LogP contribution in [0.1, 0.15) is 75.0 Å². The first kappa shape index (κ1) is 28.1. The number of H-pyrrole nitrogens is 1. The first-order valence-electron chi connectivity index (χ1n) is 15.8. The van der Waals surface area contributed by atoms with Crippen molar-refractivity contribution < 1.29 is 9.59 Å². The van der Waals surface area contributed by atoms with Gasteiger partial charge in [0.15, 0.2) is 5.82 Å². The molecule has 3 heterocycles. The lowest BCUT2D eigenvalue weighted by Gasteiger charge is -2.31. The van der Waals surface area contributed by atoms with Crippen molar-refractivity contribution in [3.05, 3.63) is 102 Å². The molecule has 1 fully saturated rings. The van der Waals surface area contributed by atoms with E-state index in [1.165, 1.54) is 6.42 Å². The molecule has 224 valence electrons. The summed E-state index contributed by atoms with van der Waals surface area (Å²) in [4.78, 5) is 35.8. The molecule has 3 aromatic carbocycles. The Labute approximate surface area is 257 Å². The van der Waals surface area contributed by atoms with E-state index >= 15 is 0 Å². The fourth-order valence-corrected chi connectivity index (χ4v) is 7.10. The van der Waals surface area contributed by atoms with E-state index < -0.39 is 5.92 Å². The van der Waals surface area contributed by atoms with Gasteiger partial charge in [-0.2, -0.15) is 0 Å². The summed E-state index contributed by atoms with van der Waals surface area (Å²) in [7, 11) is 0. The highest BCUT2D eigenvalue weighted by Gasteiger charge is 2.40. The molecule has 1 N–H and O–H groups in total. The van der Waals surface area contributed by atoms with Gasteiger partial charge in [0.2, 0.25) is 11.8 Å². The molecule has 7 rings (SSSR count). The second kappa shape index (κ2) is 11.8. The van der Waals surface area contributed by atoms with Gasteiger partial charge in [-0.15, -0.1) is 10.2 Å². The minimum absolute atomic E-state index is 0.0790. The Balaban J connectivity index is 1.35. The molecule has 44 heavy (non-hydrogen) atoms. The number of hydrogen-bond acceptors (Lipinski definition) is 4. The van der Waals surface area contributed by atoms with Gasteiger partial charge in [-0.3, -0.25) is 14.2 Å². The lowest BCUT2D eigenvalue weighted by atomic mass is 9.88. The van der Waals surface area contributed by atoms with E-state index in [1.54, 1.807) is 9.80 Å². The summed E-state index contributed by atoms with van der Waals surface area (Å²) in [6, 6.07) is 25.6. The summed E-state index contributed by atoms with van der Waals surface area (Å²) in [6.45, 7) is 3.92. The number of nitrogens with zero attached hydrogens (tertiary/aromatic N) is 5. The molecule has 0 spiro atoms. The number of amides is 2. The zero-order chi connectivity index (χ0) is 30.2. The average molecular weight is 587 g/mol. The van der Waals surface area contributed by atoms with Crippen LogP contribution < -0.4 is 9.80 Å². The number of carbonyl (C=O) groups is 2. The zero-order valence-corrected chi connectivity index (χ0v) is 25.3. The van der Waals surface area contributed by atoms with Gasteiger partial charge in [0.25, 0.3) is 0 Å². The number of nitrogens with one attached hydrogen (secondary N) is 1. The molecule has 1 saturated carbocycles. The highest BCUT2D eigenvalue weighted by molar-refractivity contribution is 6.07. The number of hydrogen-bond donors (Lipinski definition) is 1. The van der Waals surface area contributed by atoms with Crippen LogP contribution in [-0.2, 0) is 16.0 Å². The molecule has 2 amide bonds. The van der Waals surface area contributed by atoms with Gasteiger partial charge < -0.3 is 14.8 Å². The maximum atomic E-state index is 14.8. The van der Waals surface area contributed by atoms with Crippen molar-refractivity contribution in [3.63, 3.8) is 0 Å². The molecule has 1 aliphatic heterocycles. The normalized spacial score (nSPS) is 17.0. The smallest absolute Gasteiger partial charge is 0.247 e. The monoisotopic (exact) mass is 586 g/mol. The average Bonchev–Trinajstić information content (AvgIpc) is 3.65.